The number of nitrogens with one attached hydrogen (secondary N) is 1. The smallest absolute Gasteiger partial charge is 0.243 e. The second-order valence-electron chi connectivity index (χ2n) is 6.89. The summed E-state index contributed by atoms with van der Waals surface area (Å²) in [4.78, 5) is 12.7. The van der Waals surface area contributed by atoms with Gasteiger partial charge in [-0.25, -0.2) is 8.42 Å². The van der Waals surface area contributed by atoms with Crippen LogP contribution in [0.1, 0.15) is 30.1 Å². The molecule has 0 bridgehead atoms. The van der Waals surface area contributed by atoms with E-state index in [0.717, 1.165) is 12.8 Å². The van der Waals surface area contributed by atoms with Crippen molar-refractivity contribution in [3.8, 4) is 0 Å². The fraction of sp³-hybridized carbons (Fsp3) is 0.350. The maximum atomic E-state index is 12.9. The number of Topliss-reactive ketones (excluding diaryl/α,β-unsaturated/α-hetero) is 1. The van der Waals surface area contributed by atoms with E-state index in [1.54, 1.807) is 30.3 Å². The molecule has 0 spiro atoms. The Hall–Kier alpha value is -1.89. The van der Waals surface area contributed by atoms with Gasteiger partial charge in [-0.1, -0.05) is 42.8 Å². The van der Waals surface area contributed by atoms with Crippen LogP contribution in [0.4, 0.5) is 5.69 Å². The predicted molar refractivity (Wildman–Crippen MR) is 108 cm³/mol. The lowest BCUT2D eigenvalue weighted by Gasteiger charge is -2.30. The van der Waals surface area contributed by atoms with Crippen LogP contribution in [-0.2, 0) is 10.0 Å². The van der Waals surface area contributed by atoms with Crippen molar-refractivity contribution in [1.82, 2.24) is 4.31 Å². The molecule has 1 unspecified atom stereocenters. The molecule has 2 aromatic carbocycles. The quantitative estimate of drug-likeness (QED) is 0.735. The van der Waals surface area contributed by atoms with Crippen LogP contribution in [0.3, 0.4) is 0 Å². The Morgan fingerprint density at radius 3 is 2.74 bits per heavy atom. The number of anilines is 1. The van der Waals surface area contributed by atoms with Crippen LogP contribution in [0, 0.1) is 5.92 Å². The molecular formula is C20H23ClN2O3S. The van der Waals surface area contributed by atoms with Crippen molar-refractivity contribution >= 4 is 33.1 Å². The molecule has 1 N–H and O–H groups in total. The van der Waals surface area contributed by atoms with E-state index in [9.17, 15) is 13.2 Å². The number of piperidine rings is 1. The van der Waals surface area contributed by atoms with E-state index in [4.69, 9.17) is 11.6 Å². The highest BCUT2D eigenvalue weighted by Crippen LogP contribution is 2.24. The summed E-state index contributed by atoms with van der Waals surface area (Å²) in [5.74, 6) is 0.150. The van der Waals surface area contributed by atoms with Crippen molar-refractivity contribution in [2.24, 2.45) is 5.92 Å². The number of para-hydroxylation sites is 1. The lowest BCUT2D eigenvalue weighted by Crippen LogP contribution is -2.39. The normalized spacial score (nSPS) is 18.2. The number of halogens is 1. The topological polar surface area (TPSA) is 66.5 Å². The van der Waals surface area contributed by atoms with Crippen molar-refractivity contribution in [3.05, 3.63) is 59.1 Å². The summed E-state index contributed by atoms with van der Waals surface area (Å²) in [6.45, 7) is 3.14. The third-order valence-electron chi connectivity index (χ3n) is 4.73. The maximum Gasteiger partial charge on any atom is 0.243 e. The largest absolute Gasteiger partial charge is 0.376 e. The van der Waals surface area contributed by atoms with E-state index in [2.05, 4.69) is 12.2 Å². The van der Waals surface area contributed by atoms with Crippen molar-refractivity contribution in [1.29, 1.82) is 0 Å². The summed E-state index contributed by atoms with van der Waals surface area (Å²) >= 11 is 6.08. The molecule has 144 valence electrons. The first-order valence-corrected chi connectivity index (χ1v) is 10.8. The molecule has 0 aliphatic carbocycles. The van der Waals surface area contributed by atoms with Crippen LogP contribution in [0.2, 0.25) is 5.02 Å². The number of carbonyl (C=O) groups is 1. The summed E-state index contributed by atoms with van der Waals surface area (Å²) < 4.78 is 27.3. The summed E-state index contributed by atoms with van der Waals surface area (Å²) in [5.41, 5.74) is 1.03. The standard InChI is InChI=1S/C20H23ClN2O3S/c1-15-6-5-11-23(14-15)27(25,26)17-8-4-7-16(12-17)20(24)13-22-19-10-3-2-9-18(19)21/h2-4,7-10,12,15,22H,5-6,11,13-14H2,1H3. The van der Waals surface area contributed by atoms with Gasteiger partial charge in [0.05, 0.1) is 22.2 Å². The fourth-order valence-corrected chi connectivity index (χ4v) is 5.07. The highest BCUT2D eigenvalue weighted by molar-refractivity contribution is 7.89. The van der Waals surface area contributed by atoms with E-state index in [0.29, 0.717) is 35.3 Å². The van der Waals surface area contributed by atoms with Gasteiger partial charge in [-0.05, 0) is 43.0 Å². The molecule has 1 saturated heterocycles. The van der Waals surface area contributed by atoms with Gasteiger partial charge in [0.2, 0.25) is 10.0 Å². The number of benzene rings is 2. The van der Waals surface area contributed by atoms with Crippen LogP contribution in [0.15, 0.2) is 53.4 Å². The molecule has 1 heterocycles. The number of ketones is 1. The molecule has 1 fully saturated rings. The molecule has 27 heavy (non-hydrogen) atoms. The number of carbonyl (C=O) groups excluding carboxylic acids is 1. The molecule has 1 atom stereocenters. The zero-order valence-electron chi connectivity index (χ0n) is 15.2. The molecule has 1 aliphatic heterocycles. The number of rotatable bonds is 6. The first kappa shape index (κ1) is 19.9. The van der Waals surface area contributed by atoms with Crippen LogP contribution >= 0.6 is 11.6 Å². The SMILES string of the molecule is CC1CCCN(S(=O)(=O)c2cccc(C(=O)CNc3ccccc3Cl)c2)C1. The summed E-state index contributed by atoms with van der Waals surface area (Å²) in [6.07, 6.45) is 1.90. The Bertz CT molecular complexity index is 930. The van der Waals surface area contributed by atoms with Crippen molar-refractivity contribution in [2.75, 3.05) is 25.0 Å². The molecule has 2 aromatic rings. The van der Waals surface area contributed by atoms with Gasteiger partial charge in [-0.2, -0.15) is 4.31 Å². The molecule has 3 rings (SSSR count). The summed E-state index contributed by atoms with van der Waals surface area (Å²) in [7, 11) is -3.59. The van der Waals surface area contributed by atoms with Crippen LogP contribution < -0.4 is 5.32 Å². The van der Waals surface area contributed by atoms with Crippen molar-refractivity contribution in [3.63, 3.8) is 0 Å². The van der Waals surface area contributed by atoms with E-state index in [-0.39, 0.29) is 17.2 Å². The second kappa shape index (κ2) is 8.42. The van der Waals surface area contributed by atoms with Gasteiger partial charge in [-0.3, -0.25) is 4.79 Å². The Morgan fingerprint density at radius 2 is 2.00 bits per heavy atom. The van der Waals surface area contributed by atoms with Gasteiger partial charge in [-0.15, -0.1) is 0 Å². The fourth-order valence-electron chi connectivity index (χ4n) is 3.23. The minimum absolute atomic E-state index is 0.0357. The van der Waals surface area contributed by atoms with E-state index >= 15 is 0 Å². The summed E-state index contributed by atoms with van der Waals surface area (Å²) in [6, 6.07) is 13.4. The number of nitrogens with zero attached hydrogens (tertiary/aromatic N) is 1. The first-order chi connectivity index (χ1) is 12.9. The monoisotopic (exact) mass is 406 g/mol. The minimum Gasteiger partial charge on any atom is -0.376 e. The maximum absolute atomic E-state index is 12.9. The lowest BCUT2D eigenvalue weighted by molar-refractivity contribution is 0.101. The van der Waals surface area contributed by atoms with Gasteiger partial charge in [0.25, 0.3) is 0 Å². The second-order valence-corrected chi connectivity index (χ2v) is 9.24. The minimum atomic E-state index is -3.59. The Balaban J connectivity index is 1.74. The third-order valence-corrected chi connectivity index (χ3v) is 6.92. The first-order valence-electron chi connectivity index (χ1n) is 9.00. The average Bonchev–Trinajstić information content (AvgIpc) is 2.67. The molecule has 0 aromatic heterocycles. The van der Waals surface area contributed by atoms with Crippen LogP contribution in [0.5, 0.6) is 0 Å². The zero-order chi connectivity index (χ0) is 19.4. The van der Waals surface area contributed by atoms with E-state index in [1.165, 1.54) is 10.4 Å². The summed E-state index contributed by atoms with van der Waals surface area (Å²) in [5, 5.41) is 3.53. The van der Waals surface area contributed by atoms with Gasteiger partial charge < -0.3 is 5.32 Å². The molecule has 0 radical (unpaired) electrons. The third kappa shape index (κ3) is 4.69. The molecule has 5 nitrogen and oxygen atoms in total. The van der Waals surface area contributed by atoms with Gasteiger partial charge in [0, 0.05) is 18.7 Å². The molecule has 1 aliphatic rings. The van der Waals surface area contributed by atoms with Crippen molar-refractivity contribution in [2.45, 2.75) is 24.7 Å². The number of hydrogen-bond acceptors (Lipinski definition) is 4. The Morgan fingerprint density at radius 1 is 1.22 bits per heavy atom. The highest BCUT2D eigenvalue weighted by Gasteiger charge is 2.29. The van der Waals surface area contributed by atoms with E-state index in [1.807, 2.05) is 12.1 Å². The molecule has 0 amide bonds. The van der Waals surface area contributed by atoms with Crippen LogP contribution in [0.25, 0.3) is 0 Å². The highest BCUT2D eigenvalue weighted by atomic mass is 35.5. The van der Waals surface area contributed by atoms with Gasteiger partial charge in [0.1, 0.15) is 0 Å². The molecule has 0 saturated carbocycles. The van der Waals surface area contributed by atoms with Crippen LogP contribution in [-0.4, -0.2) is 38.1 Å². The van der Waals surface area contributed by atoms with Gasteiger partial charge >= 0.3 is 0 Å². The Kier molecular flexibility index (Phi) is 6.19. The number of hydrogen-bond donors (Lipinski definition) is 1. The zero-order valence-corrected chi connectivity index (χ0v) is 16.8. The predicted octanol–water partition coefficient (Wildman–Crippen LogP) is 4.06. The lowest BCUT2D eigenvalue weighted by atomic mass is 10.0. The average molecular weight is 407 g/mol. The van der Waals surface area contributed by atoms with E-state index < -0.39 is 10.0 Å². The van der Waals surface area contributed by atoms with Crippen molar-refractivity contribution < 1.29 is 13.2 Å². The Labute approximate surface area is 165 Å². The molecule has 7 heteroatoms. The van der Waals surface area contributed by atoms with Gasteiger partial charge in [0.15, 0.2) is 5.78 Å². The molecular weight excluding hydrogens is 384 g/mol. The number of sulfonamides is 1.